The Morgan fingerprint density at radius 2 is 1.95 bits per heavy atom. The minimum absolute atomic E-state index is 0.00531. The third kappa shape index (κ3) is 6.45. The maximum Gasteiger partial charge on any atom is 0.284 e. The van der Waals surface area contributed by atoms with Crippen molar-refractivity contribution in [1.82, 2.24) is 9.71 Å². The first-order valence-electron chi connectivity index (χ1n) is 11.7. The van der Waals surface area contributed by atoms with Crippen molar-refractivity contribution in [1.29, 1.82) is 0 Å². The number of rotatable bonds is 6. The molecule has 9 nitrogen and oxygen atoms in total. The van der Waals surface area contributed by atoms with E-state index in [1.807, 2.05) is 18.6 Å². The number of halogens is 3. The summed E-state index contributed by atoms with van der Waals surface area (Å²) >= 11 is 0. The Kier molecular flexibility index (Phi) is 7.53. The Bertz CT molecular complexity index is 1350. The quantitative estimate of drug-likeness (QED) is 0.582. The highest BCUT2D eigenvalue weighted by atomic mass is 32.2. The van der Waals surface area contributed by atoms with Crippen molar-refractivity contribution in [2.24, 2.45) is 11.0 Å². The van der Waals surface area contributed by atoms with E-state index in [0.717, 1.165) is 0 Å². The summed E-state index contributed by atoms with van der Waals surface area (Å²) in [6.45, 7) is 4.07. The summed E-state index contributed by atoms with van der Waals surface area (Å²) in [5.74, 6) is -3.87. The van der Waals surface area contributed by atoms with Crippen molar-refractivity contribution in [3.8, 4) is 17.0 Å². The number of anilines is 1. The number of hydrogen-bond acceptors (Lipinski definition) is 7. The fourth-order valence-corrected chi connectivity index (χ4v) is 4.78. The van der Waals surface area contributed by atoms with Crippen LogP contribution in [0.5, 0.6) is 5.75 Å². The molecule has 0 radical (unpaired) electrons. The van der Waals surface area contributed by atoms with Gasteiger partial charge in [0.1, 0.15) is 17.4 Å². The molecule has 3 heterocycles. The molecule has 0 saturated carbocycles. The van der Waals surface area contributed by atoms with E-state index < -0.39 is 40.5 Å². The van der Waals surface area contributed by atoms with Gasteiger partial charge in [0.05, 0.1) is 24.3 Å². The number of nitrogens with zero attached hydrogens (tertiary/aromatic N) is 3. The van der Waals surface area contributed by atoms with Crippen molar-refractivity contribution in [2.45, 2.75) is 39.0 Å². The molecule has 0 atom stereocenters. The van der Waals surface area contributed by atoms with Crippen LogP contribution in [0.2, 0.25) is 0 Å². The molecule has 0 aliphatic carbocycles. The molecule has 1 aromatic carbocycles. The van der Waals surface area contributed by atoms with E-state index in [-0.39, 0.29) is 47.5 Å². The van der Waals surface area contributed by atoms with Gasteiger partial charge in [0.2, 0.25) is 5.04 Å². The van der Waals surface area contributed by atoms with E-state index in [1.165, 1.54) is 35.4 Å². The number of amides is 1. The molecule has 2 aliphatic heterocycles. The monoisotopic (exact) mass is 538 g/mol. The van der Waals surface area contributed by atoms with Crippen LogP contribution in [0.15, 0.2) is 35.4 Å². The Hall–Kier alpha value is -3.48. The number of ether oxygens (including phenoxy) is 1. The number of hydrazone groups is 1. The van der Waals surface area contributed by atoms with Gasteiger partial charge in [-0.2, -0.15) is 8.42 Å². The largest absolute Gasteiger partial charge is 0.493 e. The fourth-order valence-electron chi connectivity index (χ4n) is 3.83. The number of sulfonamides is 1. The highest BCUT2D eigenvalue weighted by molar-refractivity contribution is 8.05. The summed E-state index contributed by atoms with van der Waals surface area (Å²) in [5.41, 5.74) is 0.490. The summed E-state index contributed by atoms with van der Waals surface area (Å²) in [5, 5.41) is 5.78. The number of nitrogens with one attached hydrogen (secondary N) is 2. The summed E-state index contributed by atoms with van der Waals surface area (Å²) < 4.78 is 74.7. The normalized spacial score (nSPS) is 17.1. The van der Waals surface area contributed by atoms with E-state index in [9.17, 15) is 26.4 Å². The van der Waals surface area contributed by atoms with Gasteiger partial charge in [0, 0.05) is 42.7 Å². The van der Waals surface area contributed by atoms with E-state index >= 15 is 0 Å². The molecule has 1 aromatic heterocycles. The molecule has 0 spiro atoms. The zero-order valence-corrected chi connectivity index (χ0v) is 21.1. The lowest BCUT2D eigenvalue weighted by Gasteiger charge is -2.33. The molecular formula is C24H27F3N5O4S+. The molecule has 2 N–H and O–H groups in total. The van der Waals surface area contributed by atoms with Gasteiger partial charge in [-0.1, -0.05) is 13.8 Å². The maximum atomic E-state index is 14.4. The number of carbonyl (C=O) groups is 1. The maximum absolute atomic E-state index is 14.4. The van der Waals surface area contributed by atoms with Crippen molar-refractivity contribution < 1.29 is 36.2 Å². The minimum Gasteiger partial charge on any atom is -0.493 e. The summed E-state index contributed by atoms with van der Waals surface area (Å²) in [6, 6.07) is 6.85. The van der Waals surface area contributed by atoms with Gasteiger partial charge in [0.25, 0.3) is 21.9 Å². The van der Waals surface area contributed by atoms with Gasteiger partial charge in [-0.25, -0.2) is 22.9 Å². The predicted molar refractivity (Wildman–Crippen MR) is 132 cm³/mol. The van der Waals surface area contributed by atoms with Crippen LogP contribution >= 0.6 is 0 Å². The van der Waals surface area contributed by atoms with Crippen LogP contribution < -0.4 is 19.5 Å². The average molecular weight is 539 g/mol. The van der Waals surface area contributed by atoms with Gasteiger partial charge in [-0.15, -0.1) is 5.10 Å². The van der Waals surface area contributed by atoms with E-state index in [0.29, 0.717) is 17.9 Å². The van der Waals surface area contributed by atoms with Crippen LogP contribution in [0.25, 0.3) is 11.3 Å². The van der Waals surface area contributed by atoms with Gasteiger partial charge in [-0.3, -0.25) is 4.79 Å². The van der Waals surface area contributed by atoms with Crippen molar-refractivity contribution >= 4 is 33.0 Å². The standard InChI is InChI=1S/C24H26F3N5O4S/c1-15(2)14-36-18-12-16(11-17(25)13-18)20-4-3-19(22(29-20)32-9-6-24(26,27)7-10-32)23(33)31-37(34,35)21-5-8-28-30-21/h3-4,8,11-13,15H,5-7,9-10,14H2,1-2H3,(H,31,33)/p+1. The predicted octanol–water partition coefficient (Wildman–Crippen LogP) is 2.09. The molecule has 1 amide bonds. The van der Waals surface area contributed by atoms with Crippen LogP contribution in [0.4, 0.5) is 19.0 Å². The highest BCUT2D eigenvalue weighted by Gasteiger charge is 2.36. The Morgan fingerprint density at radius 1 is 1.22 bits per heavy atom. The smallest absolute Gasteiger partial charge is 0.284 e. The van der Waals surface area contributed by atoms with Gasteiger partial charge in [0.15, 0.2) is 6.21 Å². The molecule has 2 aromatic rings. The van der Waals surface area contributed by atoms with Gasteiger partial charge < -0.3 is 9.64 Å². The number of benzene rings is 1. The molecule has 1 fully saturated rings. The van der Waals surface area contributed by atoms with E-state index in [4.69, 9.17) is 4.74 Å². The minimum atomic E-state index is -4.24. The van der Waals surface area contributed by atoms with Crippen LogP contribution in [-0.4, -0.2) is 56.2 Å². The molecule has 2 aliphatic rings. The van der Waals surface area contributed by atoms with Gasteiger partial charge >= 0.3 is 0 Å². The lowest BCUT2D eigenvalue weighted by atomic mass is 10.0. The first-order chi connectivity index (χ1) is 17.4. The first-order valence-corrected chi connectivity index (χ1v) is 13.2. The number of carbonyl (C=O) groups excluding carboxylic acids is 1. The number of pyridine rings is 1. The second-order valence-corrected chi connectivity index (χ2v) is 11.0. The van der Waals surface area contributed by atoms with Crippen LogP contribution in [0.3, 0.4) is 0 Å². The lowest BCUT2D eigenvalue weighted by molar-refractivity contribution is -0.453. The molecule has 198 valence electrons. The third-order valence-corrected chi connectivity index (χ3v) is 7.09. The second-order valence-electron chi connectivity index (χ2n) is 9.27. The number of alkyl halides is 2. The summed E-state index contributed by atoms with van der Waals surface area (Å²) in [4.78, 5) is 19.0. The van der Waals surface area contributed by atoms with E-state index in [1.54, 1.807) is 6.07 Å². The highest BCUT2D eigenvalue weighted by Crippen LogP contribution is 2.33. The second kappa shape index (κ2) is 10.5. The molecule has 1 saturated heterocycles. The van der Waals surface area contributed by atoms with Crippen LogP contribution in [-0.2, 0) is 10.0 Å². The molecular weight excluding hydrogens is 511 g/mol. The molecule has 13 heteroatoms. The molecule has 4 rings (SSSR count). The first kappa shape index (κ1) is 26.6. The van der Waals surface area contributed by atoms with Crippen molar-refractivity contribution in [3.63, 3.8) is 0 Å². The molecule has 0 bridgehead atoms. The Labute approximate surface area is 212 Å². The Morgan fingerprint density at radius 3 is 2.59 bits per heavy atom. The lowest BCUT2D eigenvalue weighted by Crippen LogP contribution is -2.58. The summed E-state index contributed by atoms with van der Waals surface area (Å²) in [7, 11) is -4.24. The zero-order valence-electron chi connectivity index (χ0n) is 20.3. The van der Waals surface area contributed by atoms with E-state index in [2.05, 4.69) is 15.2 Å². The van der Waals surface area contributed by atoms with Crippen LogP contribution in [0.1, 0.15) is 43.5 Å². The third-order valence-electron chi connectivity index (χ3n) is 5.76. The average Bonchev–Trinajstić information content (AvgIpc) is 3.38. The summed E-state index contributed by atoms with van der Waals surface area (Å²) in [6.07, 6.45) is 0.495. The van der Waals surface area contributed by atoms with Crippen molar-refractivity contribution in [3.05, 3.63) is 41.7 Å². The van der Waals surface area contributed by atoms with Crippen LogP contribution in [0, 0.1) is 11.7 Å². The molecule has 37 heavy (non-hydrogen) atoms. The zero-order chi connectivity index (χ0) is 26.8. The molecule has 0 unspecified atom stereocenters. The topological polar surface area (TPSA) is 115 Å². The Balaban J connectivity index is 1.70. The fraction of sp³-hybridized carbons (Fsp3) is 0.417. The van der Waals surface area contributed by atoms with Crippen molar-refractivity contribution in [2.75, 3.05) is 24.6 Å². The SMILES string of the molecule is CC(C)COc1cc(F)cc(-c2ccc(C(=O)NS(=O)(=O)C3=N[NH+]=CC3)c(N3CCC(F)(F)CC3)n2)c1. The number of hydrogen-bond donors (Lipinski definition) is 2. The van der Waals surface area contributed by atoms with Gasteiger partial charge in [-0.05, 0) is 30.2 Å². The number of aromatic nitrogens is 1. The number of piperidine rings is 1.